The lowest BCUT2D eigenvalue weighted by Gasteiger charge is -2.19. The number of amides is 1. The predicted octanol–water partition coefficient (Wildman–Crippen LogP) is 3.07. The molecule has 0 saturated heterocycles. The average molecular weight is 291 g/mol. The molecule has 1 N–H and O–H groups in total. The quantitative estimate of drug-likeness (QED) is 0.409. The van der Waals surface area contributed by atoms with E-state index >= 15 is 0 Å². The molecule has 0 saturated carbocycles. The Morgan fingerprint density at radius 2 is 2.00 bits per heavy atom. The van der Waals surface area contributed by atoms with Gasteiger partial charge in [0.05, 0.1) is 0 Å². The SMILES string of the molecule is CCCCCCN([CH]C=O)NC(=O)OCc1ccccc1. The summed E-state index contributed by atoms with van der Waals surface area (Å²) in [4.78, 5) is 22.3. The van der Waals surface area contributed by atoms with Crippen LogP contribution in [0.15, 0.2) is 30.3 Å². The van der Waals surface area contributed by atoms with Gasteiger partial charge in [-0.1, -0.05) is 56.5 Å². The Hall–Kier alpha value is -1.88. The van der Waals surface area contributed by atoms with E-state index in [1.165, 1.54) is 11.6 Å². The normalized spacial score (nSPS) is 10.4. The Balaban J connectivity index is 2.29. The second-order valence-corrected chi connectivity index (χ2v) is 4.71. The van der Waals surface area contributed by atoms with Crippen molar-refractivity contribution >= 4 is 12.4 Å². The first-order valence-corrected chi connectivity index (χ1v) is 7.29. The molecule has 1 aromatic carbocycles. The Morgan fingerprint density at radius 1 is 1.24 bits per heavy atom. The Kier molecular flexibility index (Phi) is 8.88. The molecule has 0 fully saturated rings. The molecule has 0 heterocycles. The number of hydrogen-bond donors (Lipinski definition) is 1. The molecule has 1 aromatic rings. The molecule has 0 unspecified atom stereocenters. The first kappa shape index (κ1) is 17.2. The standard InChI is InChI=1S/C16H23N2O3/c1-2-3-4-8-11-18(12-13-19)17-16(20)21-14-15-9-6-5-7-10-15/h5-7,9-10,12-13H,2-4,8,11,14H2,1H3,(H,17,20). The number of carbonyl (C=O) groups excluding carboxylic acids is 2. The molecule has 1 amide bonds. The lowest BCUT2D eigenvalue weighted by molar-refractivity contribution is -0.106. The Labute approximate surface area is 126 Å². The van der Waals surface area contributed by atoms with E-state index < -0.39 is 6.09 Å². The molecule has 0 aromatic heterocycles. The summed E-state index contributed by atoms with van der Waals surface area (Å²) in [5.74, 6) is 0. The number of benzene rings is 1. The molecule has 115 valence electrons. The summed E-state index contributed by atoms with van der Waals surface area (Å²) in [6.07, 6.45) is 4.36. The van der Waals surface area contributed by atoms with Gasteiger partial charge in [-0.3, -0.25) is 5.43 Å². The fraction of sp³-hybridized carbons (Fsp3) is 0.438. The van der Waals surface area contributed by atoms with Gasteiger partial charge in [-0.25, -0.2) is 9.80 Å². The maximum absolute atomic E-state index is 11.7. The number of ether oxygens (including phenoxy) is 1. The van der Waals surface area contributed by atoms with Gasteiger partial charge in [0.1, 0.15) is 19.4 Å². The summed E-state index contributed by atoms with van der Waals surface area (Å²) in [6.45, 7) is 4.24. The Morgan fingerprint density at radius 3 is 2.67 bits per heavy atom. The third-order valence-electron chi connectivity index (χ3n) is 2.94. The van der Waals surface area contributed by atoms with Gasteiger partial charge in [0.15, 0.2) is 0 Å². The van der Waals surface area contributed by atoms with E-state index in [1.54, 1.807) is 0 Å². The topological polar surface area (TPSA) is 58.6 Å². The predicted molar refractivity (Wildman–Crippen MR) is 81.0 cm³/mol. The third-order valence-corrected chi connectivity index (χ3v) is 2.94. The van der Waals surface area contributed by atoms with Crippen LogP contribution in [0.5, 0.6) is 0 Å². The highest BCUT2D eigenvalue weighted by atomic mass is 16.6. The summed E-state index contributed by atoms with van der Waals surface area (Å²) >= 11 is 0. The van der Waals surface area contributed by atoms with Crippen molar-refractivity contribution in [2.24, 2.45) is 0 Å². The summed E-state index contributed by atoms with van der Waals surface area (Å²) in [7, 11) is 0. The third kappa shape index (κ3) is 8.09. The Bertz CT molecular complexity index is 409. The van der Waals surface area contributed by atoms with Crippen molar-refractivity contribution in [3.05, 3.63) is 42.4 Å². The maximum Gasteiger partial charge on any atom is 0.422 e. The fourth-order valence-corrected chi connectivity index (χ4v) is 1.82. The molecule has 0 atom stereocenters. The molecular formula is C16H23N2O3. The van der Waals surface area contributed by atoms with Crippen LogP contribution in [0.3, 0.4) is 0 Å². The molecule has 1 radical (unpaired) electrons. The van der Waals surface area contributed by atoms with Crippen LogP contribution in [0.1, 0.15) is 38.2 Å². The molecule has 0 bridgehead atoms. The van der Waals surface area contributed by atoms with Crippen LogP contribution in [0.4, 0.5) is 4.79 Å². The average Bonchev–Trinajstić information content (AvgIpc) is 2.51. The van der Waals surface area contributed by atoms with Gasteiger partial charge in [-0.15, -0.1) is 0 Å². The van der Waals surface area contributed by atoms with Gasteiger partial charge < -0.3 is 9.53 Å². The molecule has 0 aliphatic carbocycles. The minimum absolute atomic E-state index is 0.206. The van der Waals surface area contributed by atoms with E-state index in [1.807, 2.05) is 30.3 Å². The number of hydrazine groups is 1. The second kappa shape index (κ2) is 10.9. The first-order valence-electron chi connectivity index (χ1n) is 7.29. The van der Waals surface area contributed by atoms with E-state index in [4.69, 9.17) is 4.74 Å². The number of nitrogens with zero attached hydrogens (tertiary/aromatic N) is 1. The van der Waals surface area contributed by atoms with E-state index in [0.29, 0.717) is 12.8 Å². The first-order chi connectivity index (χ1) is 10.3. The van der Waals surface area contributed by atoms with Gasteiger partial charge in [-0.2, -0.15) is 0 Å². The maximum atomic E-state index is 11.7. The summed E-state index contributed by atoms with van der Waals surface area (Å²) in [5, 5.41) is 1.47. The highest BCUT2D eigenvalue weighted by molar-refractivity contribution is 5.68. The number of nitrogens with one attached hydrogen (secondary N) is 1. The van der Waals surface area contributed by atoms with E-state index in [-0.39, 0.29) is 6.61 Å². The highest BCUT2D eigenvalue weighted by Gasteiger charge is 2.10. The van der Waals surface area contributed by atoms with Crippen LogP contribution >= 0.6 is 0 Å². The lowest BCUT2D eigenvalue weighted by Crippen LogP contribution is -2.41. The molecule has 1 rings (SSSR count). The number of aldehydes is 1. The zero-order valence-electron chi connectivity index (χ0n) is 12.5. The summed E-state index contributed by atoms with van der Waals surface area (Å²) in [6, 6.07) is 9.44. The summed E-state index contributed by atoms with van der Waals surface area (Å²) < 4.78 is 5.10. The van der Waals surface area contributed by atoms with Crippen molar-refractivity contribution in [3.8, 4) is 0 Å². The zero-order valence-corrected chi connectivity index (χ0v) is 12.5. The number of carbonyl (C=O) groups is 2. The summed E-state index contributed by atoms with van der Waals surface area (Å²) in [5.41, 5.74) is 3.47. The minimum Gasteiger partial charge on any atom is -0.444 e. The van der Waals surface area contributed by atoms with Crippen molar-refractivity contribution in [1.29, 1.82) is 0 Å². The van der Waals surface area contributed by atoms with Crippen LogP contribution in [0, 0.1) is 6.54 Å². The molecule has 0 spiro atoms. The monoisotopic (exact) mass is 291 g/mol. The van der Waals surface area contributed by atoms with Gasteiger partial charge in [0, 0.05) is 6.54 Å². The van der Waals surface area contributed by atoms with Crippen molar-refractivity contribution in [2.45, 2.75) is 39.2 Å². The van der Waals surface area contributed by atoms with Crippen molar-refractivity contribution in [3.63, 3.8) is 0 Å². The smallest absolute Gasteiger partial charge is 0.422 e. The van der Waals surface area contributed by atoms with Gasteiger partial charge in [-0.05, 0) is 12.0 Å². The largest absolute Gasteiger partial charge is 0.444 e. The molecule has 0 aliphatic heterocycles. The van der Waals surface area contributed by atoms with E-state index in [2.05, 4.69) is 12.3 Å². The second-order valence-electron chi connectivity index (χ2n) is 4.71. The van der Waals surface area contributed by atoms with Crippen LogP contribution in [-0.2, 0) is 16.1 Å². The molecular weight excluding hydrogens is 268 g/mol. The van der Waals surface area contributed by atoms with Gasteiger partial charge in [0.2, 0.25) is 0 Å². The van der Waals surface area contributed by atoms with Crippen LogP contribution in [0.2, 0.25) is 0 Å². The lowest BCUT2D eigenvalue weighted by atomic mass is 10.2. The van der Waals surface area contributed by atoms with Crippen molar-refractivity contribution in [1.82, 2.24) is 10.4 Å². The minimum atomic E-state index is -0.563. The van der Waals surface area contributed by atoms with Crippen LogP contribution in [0.25, 0.3) is 0 Å². The number of rotatable bonds is 10. The zero-order chi connectivity index (χ0) is 15.3. The van der Waals surface area contributed by atoms with Crippen molar-refractivity contribution < 1.29 is 14.3 Å². The number of unbranched alkanes of at least 4 members (excludes halogenated alkanes) is 3. The molecule has 5 heteroatoms. The molecule has 0 aliphatic rings. The van der Waals surface area contributed by atoms with Gasteiger partial charge >= 0.3 is 6.09 Å². The molecule has 21 heavy (non-hydrogen) atoms. The van der Waals surface area contributed by atoms with Crippen molar-refractivity contribution in [2.75, 3.05) is 6.54 Å². The van der Waals surface area contributed by atoms with Crippen LogP contribution < -0.4 is 5.43 Å². The number of hydrogen-bond acceptors (Lipinski definition) is 4. The highest BCUT2D eigenvalue weighted by Crippen LogP contribution is 2.03. The molecule has 5 nitrogen and oxygen atoms in total. The van der Waals surface area contributed by atoms with Crippen LogP contribution in [-0.4, -0.2) is 23.9 Å². The van der Waals surface area contributed by atoms with E-state index in [9.17, 15) is 9.59 Å². The van der Waals surface area contributed by atoms with E-state index in [0.717, 1.165) is 31.2 Å². The van der Waals surface area contributed by atoms with Gasteiger partial charge in [0.25, 0.3) is 0 Å². The fourth-order valence-electron chi connectivity index (χ4n) is 1.82.